The summed E-state index contributed by atoms with van der Waals surface area (Å²) < 4.78 is 0. The molecule has 0 aromatic carbocycles. The Hall–Kier alpha value is 0.270. The third-order valence-electron chi connectivity index (χ3n) is 5.42. The molecule has 0 bridgehead atoms. The zero-order chi connectivity index (χ0) is 13.7. The molecule has 2 aliphatic rings. The second-order valence-electron chi connectivity index (χ2n) is 6.36. The summed E-state index contributed by atoms with van der Waals surface area (Å²) >= 11 is 2.11. The van der Waals surface area contributed by atoms with E-state index >= 15 is 0 Å². The van der Waals surface area contributed by atoms with E-state index in [1.807, 2.05) is 0 Å². The van der Waals surface area contributed by atoms with Gasteiger partial charge in [0.1, 0.15) is 0 Å². The van der Waals surface area contributed by atoms with E-state index in [4.69, 9.17) is 0 Å². The normalized spacial score (nSPS) is 33.0. The molecule has 19 heavy (non-hydrogen) atoms. The van der Waals surface area contributed by atoms with Crippen LogP contribution in [0.1, 0.15) is 58.8 Å². The topological polar surface area (TPSA) is 15.3 Å². The van der Waals surface area contributed by atoms with Gasteiger partial charge in [0.05, 0.1) is 0 Å². The van der Waals surface area contributed by atoms with Gasteiger partial charge in [-0.25, -0.2) is 0 Å². The summed E-state index contributed by atoms with van der Waals surface area (Å²) in [5.41, 5.74) is 0.372. The molecule has 2 atom stereocenters. The van der Waals surface area contributed by atoms with Gasteiger partial charge in [-0.05, 0) is 51.4 Å². The second kappa shape index (κ2) is 7.33. The molecule has 2 nitrogen and oxygen atoms in total. The van der Waals surface area contributed by atoms with E-state index in [2.05, 4.69) is 42.1 Å². The van der Waals surface area contributed by atoms with Crippen molar-refractivity contribution in [1.82, 2.24) is 10.2 Å². The Labute approximate surface area is 124 Å². The van der Waals surface area contributed by atoms with E-state index in [1.165, 1.54) is 64.6 Å². The molecule has 0 radical (unpaired) electrons. The molecule has 2 rings (SSSR count). The van der Waals surface area contributed by atoms with Crippen LogP contribution in [-0.4, -0.2) is 47.6 Å². The summed E-state index contributed by atoms with van der Waals surface area (Å²) in [4.78, 5) is 2.84. The first-order valence-corrected chi connectivity index (χ1v) is 9.55. The van der Waals surface area contributed by atoms with E-state index in [1.54, 1.807) is 0 Å². The molecule has 1 aliphatic carbocycles. The quantitative estimate of drug-likeness (QED) is 0.850. The van der Waals surface area contributed by atoms with Gasteiger partial charge in [0, 0.05) is 23.4 Å². The Morgan fingerprint density at radius 1 is 1.16 bits per heavy atom. The maximum Gasteiger partial charge on any atom is 0.0303 e. The fourth-order valence-corrected chi connectivity index (χ4v) is 4.96. The predicted octanol–water partition coefficient (Wildman–Crippen LogP) is 3.51. The van der Waals surface area contributed by atoms with Crippen molar-refractivity contribution in [3.05, 3.63) is 0 Å². The van der Waals surface area contributed by atoms with Gasteiger partial charge in [0.25, 0.3) is 0 Å². The number of nitrogens with zero attached hydrogens (tertiary/aromatic N) is 1. The molecule has 0 aromatic rings. The molecule has 1 saturated carbocycles. The van der Waals surface area contributed by atoms with Crippen molar-refractivity contribution in [1.29, 1.82) is 0 Å². The smallest absolute Gasteiger partial charge is 0.0303 e. The summed E-state index contributed by atoms with van der Waals surface area (Å²) in [6.07, 6.45) is 11.9. The summed E-state index contributed by atoms with van der Waals surface area (Å²) in [7, 11) is 0. The minimum Gasteiger partial charge on any atom is -0.310 e. The van der Waals surface area contributed by atoms with Crippen molar-refractivity contribution in [2.24, 2.45) is 0 Å². The van der Waals surface area contributed by atoms with Crippen LogP contribution < -0.4 is 5.32 Å². The van der Waals surface area contributed by atoms with Crippen LogP contribution in [0.3, 0.4) is 0 Å². The van der Waals surface area contributed by atoms with Crippen LogP contribution >= 0.6 is 11.8 Å². The Morgan fingerprint density at radius 2 is 1.89 bits per heavy atom. The van der Waals surface area contributed by atoms with Crippen LogP contribution in [-0.2, 0) is 0 Å². The van der Waals surface area contributed by atoms with Crippen molar-refractivity contribution in [2.75, 3.05) is 25.9 Å². The van der Waals surface area contributed by atoms with E-state index in [0.29, 0.717) is 5.54 Å². The molecule has 0 aromatic heterocycles. The van der Waals surface area contributed by atoms with Gasteiger partial charge in [-0.15, -0.1) is 0 Å². The predicted molar refractivity (Wildman–Crippen MR) is 87.1 cm³/mol. The lowest BCUT2D eigenvalue weighted by Crippen LogP contribution is -2.54. The van der Waals surface area contributed by atoms with Gasteiger partial charge in [-0.2, -0.15) is 11.8 Å². The third-order valence-corrected chi connectivity index (χ3v) is 6.58. The number of nitrogens with one attached hydrogen (secondary N) is 1. The first-order valence-electron chi connectivity index (χ1n) is 8.26. The average Bonchev–Trinajstić information content (AvgIpc) is 2.70. The van der Waals surface area contributed by atoms with E-state index in [-0.39, 0.29) is 0 Å². The highest BCUT2D eigenvalue weighted by Crippen LogP contribution is 2.33. The Balaban J connectivity index is 2.08. The molecule has 1 aliphatic heterocycles. The third kappa shape index (κ3) is 3.68. The van der Waals surface area contributed by atoms with E-state index in [0.717, 1.165) is 11.3 Å². The van der Waals surface area contributed by atoms with Gasteiger partial charge < -0.3 is 5.32 Å². The number of hydrogen-bond donors (Lipinski definition) is 1. The Kier molecular flexibility index (Phi) is 6.04. The summed E-state index contributed by atoms with van der Waals surface area (Å²) in [6, 6.07) is 0.834. The van der Waals surface area contributed by atoms with Crippen LogP contribution in [0.15, 0.2) is 0 Å². The standard InChI is InChI=1S/C16H32N2S/c1-4-16(5-2)13-18(12-8-11-17-16)14-9-6-7-10-15(14)19-3/h14-15,17H,4-13H2,1-3H3. The average molecular weight is 285 g/mol. The molecule has 2 fully saturated rings. The van der Waals surface area contributed by atoms with Crippen molar-refractivity contribution in [2.45, 2.75) is 75.6 Å². The molecule has 0 spiro atoms. The summed E-state index contributed by atoms with van der Waals surface area (Å²) in [6.45, 7) is 8.48. The first-order chi connectivity index (χ1) is 9.24. The van der Waals surface area contributed by atoms with E-state index < -0.39 is 0 Å². The van der Waals surface area contributed by atoms with Gasteiger partial charge in [0.2, 0.25) is 0 Å². The van der Waals surface area contributed by atoms with Crippen LogP contribution in [0.4, 0.5) is 0 Å². The van der Waals surface area contributed by atoms with Crippen LogP contribution in [0, 0.1) is 0 Å². The fourth-order valence-electron chi connectivity index (χ4n) is 3.94. The van der Waals surface area contributed by atoms with Gasteiger partial charge in [-0.3, -0.25) is 4.90 Å². The van der Waals surface area contributed by atoms with E-state index in [9.17, 15) is 0 Å². The molecule has 0 amide bonds. The molecule has 1 saturated heterocycles. The molecule has 2 unspecified atom stereocenters. The van der Waals surface area contributed by atoms with Crippen LogP contribution in [0.25, 0.3) is 0 Å². The van der Waals surface area contributed by atoms with Crippen LogP contribution in [0.5, 0.6) is 0 Å². The fraction of sp³-hybridized carbons (Fsp3) is 1.00. The molecular weight excluding hydrogens is 252 g/mol. The highest BCUT2D eigenvalue weighted by Gasteiger charge is 2.36. The van der Waals surface area contributed by atoms with Gasteiger partial charge in [0.15, 0.2) is 0 Å². The molecule has 1 N–H and O–H groups in total. The molecule has 3 heteroatoms. The first kappa shape index (κ1) is 15.7. The van der Waals surface area contributed by atoms with Gasteiger partial charge >= 0.3 is 0 Å². The Morgan fingerprint density at radius 3 is 2.58 bits per heavy atom. The lowest BCUT2D eigenvalue weighted by Gasteiger charge is -2.43. The van der Waals surface area contributed by atoms with Gasteiger partial charge in [-0.1, -0.05) is 26.7 Å². The zero-order valence-corrected chi connectivity index (χ0v) is 13.9. The molecule has 112 valence electrons. The zero-order valence-electron chi connectivity index (χ0n) is 13.1. The summed E-state index contributed by atoms with van der Waals surface area (Å²) in [5.74, 6) is 0. The Bertz CT molecular complexity index is 265. The number of hydrogen-bond acceptors (Lipinski definition) is 3. The molecular formula is C16H32N2S. The van der Waals surface area contributed by atoms with Crippen molar-refractivity contribution >= 4 is 11.8 Å². The number of rotatable bonds is 4. The number of thioether (sulfide) groups is 1. The lowest BCUT2D eigenvalue weighted by molar-refractivity contribution is 0.125. The minimum absolute atomic E-state index is 0.372. The van der Waals surface area contributed by atoms with Crippen molar-refractivity contribution < 1.29 is 0 Å². The highest BCUT2D eigenvalue weighted by molar-refractivity contribution is 7.99. The highest BCUT2D eigenvalue weighted by atomic mass is 32.2. The van der Waals surface area contributed by atoms with Crippen molar-refractivity contribution in [3.63, 3.8) is 0 Å². The lowest BCUT2D eigenvalue weighted by atomic mass is 9.89. The maximum absolute atomic E-state index is 3.85. The van der Waals surface area contributed by atoms with Crippen LogP contribution in [0.2, 0.25) is 0 Å². The largest absolute Gasteiger partial charge is 0.310 e. The SMILES string of the molecule is CCC1(CC)CN(C2CCCCC2SC)CCCN1. The minimum atomic E-state index is 0.372. The van der Waals surface area contributed by atoms with Crippen molar-refractivity contribution in [3.8, 4) is 0 Å². The maximum atomic E-state index is 3.85. The molecule has 1 heterocycles. The monoisotopic (exact) mass is 284 g/mol. The second-order valence-corrected chi connectivity index (χ2v) is 7.44. The summed E-state index contributed by atoms with van der Waals surface area (Å²) in [5, 5.41) is 4.72.